The van der Waals surface area contributed by atoms with Gasteiger partial charge >= 0.3 is 0 Å². The number of hydrogen-bond donors (Lipinski definition) is 1. The van der Waals surface area contributed by atoms with E-state index < -0.39 is 5.82 Å². The summed E-state index contributed by atoms with van der Waals surface area (Å²) in [4.78, 5) is 30.9. The fourth-order valence-corrected chi connectivity index (χ4v) is 7.40. The van der Waals surface area contributed by atoms with Crippen molar-refractivity contribution in [1.29, 1.82) is 0 Å². The van der Waals surface area contributed by atoms with Gasteiger partial charge in [0, 0.05) is 30.8 Å². The average molecular weight is 570 g/mol. The zero-order valence-corrected chi connectivity index (χ0v) is 23.1. The van der Waals surface area contributed by atoms with Gasteiger partial charge in [-0.1, -0.05) is 17.7 Å². The second kappa shape index (κ2) is 10.6. The summed E-state index contributed by atoms with van der Waals surface area (Å²) in [6.07, 6.45) is 4.46. The molecule has 0 saturated carbocycles. The zero-order chi connectivity index (χ0) is 27.1. The van der Waals surface area contributed by atoms with Crippen LogP contribution in [-0.2, 0) is 13.0 Å². The predicted molar refractivity (Wildman–Crippen MR) is 148 cm³/mol. The van der Waals surface area contributed by atoms with E-state index in [1.807, 2.05) is 23.1 Å². The van der Waals surface area contributed by atoms with Gasteiger partial charge in [-0.3, -0.25) is 14.5 Å². The molecule has 204 valence electrons. The number of rotatable bonds is 5. The topological polar surface area (TPSA) is 52.7 Å². The van der Waals surface area contributed by atoms with Crippen LogP contribution in [0.2, 0.25) is 5.02 Å². The summed E-state index contributed by atoms with van der Waals surface area (Å²) in [5.74, 6) is -0.951. The molecule has 9 heteroatoms. The van der Waals surface area contributed by atoms with Crippen LogP contribution in [0.15, 0.2) is 47.8 Å². The van der Waals surface area contributed by atoms with Crippen LogP contribution in [0.25, 0.3) is 0 Å². The number of fused-ring (bicyclic) bond motifs is 1. The highest BCUT2D eigenvalue weighted by Crippen LogP contribution is 2.41. The quantitative estimate of drug-likeness (QED) is 0.397. The van der Waals surface area contributed by atoms with E-state index in [0.29, 0.717) is 40.7 Å². The number of nitrogens with one attached hydrogen (secondary N) is 1. The number of nitrogens with zero attached hydrogens (tertiary/aromatic N) is 2. The van der Waals surface area contributed by atoms with Crippen molar-refractivity contribution < 1.29 is 18.4 Å². The van der Waals surface area contributed by atoms with Crippen LogP contribution in [-0.4, -0.2) is 47.8 Å². The first kappa shape index (κ1) is 26.4. The Morgan fingerprint density at radius 1 is 1.05 bits per heavy atom. The third kappa shape index (κ3) is 5.34. The molecule has 3 aromatic rings. The van der Waals surface area contributed by atoms with Gasteiger partial charge < -0.3 is 10.2 Å². The van der Waals surface area contributed by atoms with Crippen LogP contribution in [0.5, 0.6) is 0 Å². The molecule has 0 bridgehead atoms. The maximum atomic E-state index is 14.1. The molecule has 1 unspecified atom stereocenters. The van der Waals surface area contributed by atoms with Gasteiger partial charge in [0.2, 0.25) is 0 Å². The van der Waals surface area contributed by atoms with E-state index in [2.05, 4.69) is 10.2 Å². The Hall–Kier alpha value is -2.81. The molecule has 2 saturated heterocycles. The van der Waals surface area contributed by atoms with Gasteiger partial charge in [-0.15, -0.1) is 11.3 Å². The molecule has 1 N–H and O–H groups in total. The second-order valence-corrected chi connectivity index (χ2v) is 12.4. The van der Waals surface area contributed by atoms with Crippen molar-refractivity contribution in [2.45, 2.75) is 44.7 Å². The molecule has 1 aromatic heterocycles. The number of benzene rings is 2. The van der Waals surface area contributed by atoms with Gasteiger partial charge in [-0.25, -0.2) is 8.78 Å². The lowest BCUT2D eigenvalue weighted by molar-refractivity contribution is 0.0712. The molecule has 6 rings (SSSR count). The monoisotopic (exact) mass is 569 g/mol. The maximum absolute atomic E-state index is 14.1. The maximum Gasteiger partial charge on any atom is 0.263 e. The van der Waals surface area contributed by atoms with Gasteiger partial charge in [0.25, 0.3) is 11.8 Å². The number of halogens is 3. The minimum absolute atomic E-state index is 0.0252. The van der Waals surface area contributed by atoms with Crippen molar-refractivity contribution >= 4 is 34.8 Å². The van der Waals surface area contributed by atoms with E-state index in [4.69, 9.17) is 11.6 Å². The number of amides is 2. The van der Waals surface area contributed by atoms with Crippen molar-refractivity contribution in [1.82, 2.24) is 15.1 Å². The van der Waals surface area contributed by atoms with Crippen molar-refractivity contribution in [2.75, 3.05) is 26.2 Å². The number of aryl methyl sites for hydroxylation is 1. The predicted octanol–water partition coefficient (Wildman–Crippen LogP) is 6.23. The molecule has 5 nitrogen and oxygen atoms in total. The molecule has 2 amide bonds. The van der Waals surface area contributed by atoms with Crippen LogP contribution >= 0.6 is 22.9 Å². The van der Waals surface area contributed by atoms with Crippen LogP contribution in [0.4, 0.5) is 8.78 Å². The highest BCUT2D eigenvalue weighted by Gasteiger charge is 2.42. The molecule has 2 aliphatic heterocycles. The third-order valence-corrected chi connectivity index (χ3v) is 9.98. The number of hydrogen-bond acceptors (Lipinski definition) is 4. The molecule has 2 fully saturated rings. The first-order chi connectivity index (χ1) is 18.8. The lowest BCUT2D eigenvalue weighted by Crippen LogP contribution is -2.42. The third-order valence-electron chi connectivity index (χ3n) is 8.64. The number of carbonyl (C=O) groups excluding carboxylic acids is 2. The Balaban J connectivity index is 1.08. The Labute approximate surface area is 235 Å². The fourth-order valence-electron chi connectivity index (χ4n) is 6.35. The standard InChI is InChI=1S/C30H30ClF2N3O2S/c31-24-7-14-39-27(24)28(37)34-26-6-3-19-1-2-20(16-23(19)26)29(38)36-13-10-30(18-36)8-11-35(12-9-30)17-21-15-22(32)4-5-25(21)33/h1-2,4-5,7,14-16,26H,3,6,8-13,17-18H2,(H,34,37). The lowest BCUT2D eigenvalue weighted by Gasteiger charge is -2.39. The molecular formula is C30H30ClF2N3O2S. The van der Waals surface area contributed by atoms with Crippen LogP contribution in [0.1, 0.15) is 68.4 Å². The van der Waals surface area contributed by atoms with Crippen LogP contribution in [0, 0.1) is 17.0 Å². The molecule has 1 atom stereocenters. The first-order valence-electron chi connectivity index (χ1n) is 13.4. The van der Waals surface area contributed by atoms with E-state index in [0.717, 1.165) is 62.4 Å². The Kier molecular flexibility index (Phi) is 7.20. The molecule has 1 aliphatic carbocycles. The lowest BCUT2D eigenvalue weighted by atomic mass is 9.77. The molecule has 3 heterocycles. The largest absolute Gasteiger partial charge is 0.344 e. The average Bonchev–Trinajstić information content (AvgIpc) is 3.66. The van der Waals surface area contributed by atoms with Gasteiger partial charge in [0.1, 0.15) is 16.5 Å². The fraction of sp³-hybridized carbons (Fsp3) is 0.400. The van der Waals surface area contributed by atoms with Crippen molar-refractivity contribution in [3.63, 3.8) is 0 Å². The minimum Gasteiger partial charge on any atom is -0.344 e. The molecule has 1 spiro atoms. The minimum atomic E-state index is -0.419. The first-order valence-corrected chi connectivity index (χ1v) is 14.7. The number of thiophene rings is 1. The van der Waals surface area contributed by atoms with Crippen LogP contribution in [0.3, 0.4) is 0 Å². The van der Waals surface area contributed by atoms with E-state index in [1.54, 1.807) is 11.4 Å². The van der Waals surface area contributed by atoms with E-state index in [-0.39, 0.29) is 29.1 Å². The summed E-state index contributed by atoms with van der Waals surface area (Å²) in [6.45, 7) is 3.42. The summed E-state index contributed by atoms with van der Waals surface area (Å²) in [6, 6.07) is 11.1. The Morgan fingerprint density at radius 2 is 1.85 bits per heavy atom. The molecule has 2 aromatic carbocycles. The van der Waals surface area contributed by atoms with Gasteiger partial charge in [0.15, 0.2) is 0 Å². The Bertz CT molecular complexity index is 1420. The van der Waals surface area contributed by atoms with Crippen molar-refractivity contribution in [3.05, 3.63) is 91.6 Å². The van der Waals surface area contributed by atoms with Gasteiger partial charge in [-0.2, -0.15) is 0 Å². The van der Waals surface area contributed by atoms with Crippen molar-refractivity contribution in [3.8, 4) is 0 Å². The second-order valence-electron chi connectivity index (χ2n) is 11.1. The SMILES string of the molecule is O=C(NC1CCc2ccc(C(=O)N3CCC4(CCN(Cc5cc(F)ccc5F)CC4)C3)cc21)c1sccc1Cl. The highest BCUT2D eigenvalue weighted by atomic mass is 35.5. The van der Waals surface area contributed by atoms with Crippen molar-refractivity contribution in [2.24, 2.45) is 5.41 Å². The summed E-state index contributed by atoms with van der Waals surface area (Å²) in [5.41, 5.74) is 3.28. The highest BCUT2D eigenvalue weighted by molar-refractivity contribution is 7.12. The van der Waals surface area contributed by atoms with Gasteiger partial charge in [-0.05, 0) is 104 Å². The summed E-state index contributed by atoms with van der Waals surface area (Å²) >= 11 is 7.47. The van der Waals surface area contributed by atoms with Crippen LogP contribution < -0.4 is 5.32 Å². The van der Waals surface area contributed by atoms with E-state index >= 15 is 0 Å². The smallest absolute Gasteiger partial charge is 0.263 e. The normalized spacial score (nSPS) is 20.4. The zero-order valence-electron chi connectivity index (χ0n) is 21.5. The summed E-state index contributed by atoms with van der Waals surface area (Å²) in [7, 11) is 0. The van der Waals surface area contributed by atoms with Gasteiger partial charge in [0.05, 0.1) is 11.1 Å². The number of piperidine rings is 1. The molecule has 3 aliphatic rings. The molecule has 0 radical (unpaired) electrons. The van der Waals surface area contributed by atoms with E-state index in [1.165, 1.54) is 23.5 Å². The Morgan fingerprint density at radius 3 is 2.62 bits per heavy atom. The van der Waals surface area contributed by atoms with E-state index in [9.17, 15) is 18.4 Å². The molecule has 39 heavy (non-hydrogen) atoms. The number of carbonyl (C=O) groups is 2. The summed E-state index contributed by atoms with van der Waals surface area (Å²) < 4.78 is 27.7. The molecular weight excluding hydrogens is 540 g/mol. The number of likely N-dealkylation sites (tertiary alicyclic amines) is 2. The summed E-state index contributed by atoms with van der Waals surface area (Å²) in [5, 5.41) is 5.35.